The van der Waals surface area contributed by atoms with Gasteiger partial charge < -0.3 is 5.73 Å². The number of halogens is 1. The summed E-state index contributed by atoms with van der Waals surface area (Å²) in [4.78, 5) is 4.36. The number of aromatic nitrogens is 1. The number of fused-ring (bicyclic) bond motifs is 1. The molecule has 0 spiro atoms. The summed E-state index contributed by atoms with van der Waals surface area (Å²) in [5.74, 6) is 0. The van der Waals surface area contributed by atoms with E-state index in [1.54, 1.807) is 11.3 Å². The van der Waals surface area contributed by atoms with Crippen LogP contribution < -0.4 is 5.73 Å². The smallest absolute Gasteiger partial charge is 0.107 e. The van der Waals surface area contributed by atoms with Crippen LogP contribution in [-0.2, 0) is 6.54 Å². The van der Waals surface area contributed by atoms with E-state index in [4.69, 9.17) is 5.73 Å². The fourth-order valence-corrected chi connectivity index (χ4v) is 2.21. The molecule has 0 saturated carbocycles. The highest BCUT2D eigenvalue weighted by Gasteiger charge is 2.01. The normalized spacial score (nSPS) is 10.8. The lowest BCUT2D eigenvalue weighted by atomic mass is 10.3. The maximum atomic E-state index is 5.49. The summed E-state index contributed by atoms with van der Waals surface area (Å²) in [6.07, 6.45) is 0. The third-order valence-electron chi connectivity index (χ3n) is 1.57. The molecule has 0 aliphatic heterocycles. The number of rotatable bonds is 1. The molecule has 0 radical (unpaired) electrons. The third-order valence-corrected chi connectivity index (χ3v) is 3.12. The highest BCUT2D eigenvalue weighted by atomic mass is 79.9. The third kappa shape index (κ3) is 1.37. The van der Waals surface area contributed by atoms with Crippen molar-refractivity contribution in [2.75, 3.05) is 0 Å². The molecule has 2 N–H and O–H groups in total. The summed E-state index contributed by atoms with van der Waals surface area (Å²) >= 11 is 5.05. The first-order valence-corrected chi connectivity index (χ1v) is 5.15. The van der Waals surface area contributed by atoms with Crippen LogP contribution in [0, 0.1) is 0 Å². The average molecular weight is 243 g/mol. The van der Waals surface area contributed by atoms with Crippen molar-refractivity contribution in [3.63, 3.8) is 0 Å². The predicted molar refractivity (Wildman–Crippen MR) is 55.2 cm³/mol. The SMILES string of the molecule is NCc1nc2cc(Br)ccc2s1. The van der Waals surface area contributed by atoms with Gasteiger partial charge in [0.05, 0.1) is 10.2 Å². The maximum Gasteiger partial charge on any atom is 0.107 e. The zero-order valence-electron chi connectivity index (χ0n) is 6.25. The van der Waals surface area contributed by atoms with E-state index in [1.807, 2.05) is 12.1 Å². The Kier molecular flexibility index (Phi) is 2.12. The van der Waals surface area contributed by atoms with E-state index in [-0.39, 0.29) is 0 Å². The van der Waals surface area contributed by atoms with E-state index in [2.05, 4.69) is 27.0 Å². The van der Waals surface area contributed by atoms with Crippen LogP contribution >= 0.6 is 27.3 Å². The Morgan fingerprint density at radius 2 is 2.33 bits per heavy atom. The average Bonchev–Trinajstić information content (AvgIpc) is 2.46. The van der Waals surface area contributed by atoms with E-state index in [1.165, 1.54) is 4.70 Å². The lowest BCUT2D eigenvalue weighted by Gasteiger charge is -1.87. The van der Waals surface area contributed by atoms with E-state index < -0.39 is 0 Å². The second-order valence-electron chi connectivity index (χ2n) is 2.42. The molecule has 0 aliphatic rings. The molecule has 0 unspecified atom stereocenters. The molecule has 2 aromatic rings. The molecule has 0 amide bonds. The fourth-order valence-electron chi connectivity index (χ4n) is 1.04. The van der Waals surface area contributed by atoms with Crippen molar-refractivity contribution in [1.29, 1.82) is 0 Å². The number of benzene rings is 1. The van der Waals surface area contributed by atoms with Crippen LogP contribution in [0.5, 0.6) is 0 Å². The molecule has 2 rings (SSSR count). The minimum Gasteiger partial charge on any atom is -0.325 e. The van der Waals surface area contributed by atoms with Crippen molar-refractivity contribution in [2.24, 2.45) is 5.73 Å². The first-order valence-electron chi connectivity index (χ1n) is 3.54. The lowest BCUT2D eigenvalue weighted by Crippen LogP contribution is -1.93. The zero-order valence-corrected chi connectivity index (χ0v) is 8.65. The Labute approximate surface area is 82.5 Å². The number of hydrogen-bond acceptors (Lipinski definition) is 3. The summed E-state index contributed by atoms with van der Waals surface area (Å²) in [6.45, 7) is 0.525. The van der Waals surface area contributed by atoms with Gasteiger partial charge in [-0.2, -0.15) is 0 Å². The molecule has 0 saturated heterocycles. The van der Waals surface area contributed by atoms with E-state index >= 15 is 0 Å². The molecule has 2 nitrogen and oxygen atoms in total. The van der Waals surface area contributed by atoms with Crippen LogP contribution in [0.15, 0.2) is 22.7 Å². The highest BCUT2D eigenvalue weighted by Crippen LogP contribution is 2.24. The summed E-state index contributed by atoms with van der Waals surface area (Å²) in [5.41, 5.74) is 6.51. The van der Waals surface area contributed by atoms with Crippen LogP contribution in [-0.4, -0.2) is 4.98 Å². The molecule has 4 heteroatoms. The van der Waals surface area contributed by atoms with Gasteiger partial charge in [0.25, 0.3) is 0 Å². The fraction of sp³-hybridized carbons (Fsp3) is 0.125. The van der Waals surface area contributed by atoms with Gasteiger partial charge in [-0.15, -0.1) is 11.3 Å². The van der Waals surface area contributed by atoms with Gasteiger partial charge in [0, 0.05) is 11.0 Å². The van der Waals surface area contributed by atoms with Crippen LogP contribution in [0.4, 0.5) is 0 Å². The minimum atomic E-state index is 0.525. The number of nitrogens with zero attached hydrogens (tertiary/aromatic N) is 1. The van der Waals surface area contributed by atoms with Crippen LogP contribution in [0.3, 0.4) is 0 Å². The van der Waals surface area contributed by atoms with Crippen molar-refractivity contribution in [3.8, 4) is 0 Å². The molecular weight excluding hydrogens is 236 g/mol. The summed E-state index contributed by atoms with van der Waals surface area (Å²) in [5, 5.41) is 0.989. The van der Waals surface area contributed by atoms with Gasteiger partial charge >= 0.3 is 0 Å². The Morgan fingerprint density at radius 1 is 1.50 bits per heavy atom. The maximum absolute atomic E-state index is 5.49. The standard InChI is InChI=1S/C8H7BrN2S/c9-5-1-2-7-6(3-5)11-8(4-10)12-7/h1-3H,4,10H2. The summed E-state index contributed by atoms with van der Waals surface area (Å²) < 4.78 is 2.25. The monoisotopic (exact) mass is 242 g/mol. The largest absolute Gasteiger partial charge is 0.325 e. The van der Waals surface area contributed by atoms with Gasteiger partial charge in [-0.3, -0.25) is 0 Å². The molecule has 1 heterocycles. The summed E-state index contributed by atoms with van der Waals surface area (Å²) in [6, 6.07) is 6.07. The van der Waals surface area contributed by atoms with Crippen molar-refractivity contribution in [1.82, 2.24) is 4.98 Å². The minimum absolute atomic E-state index is 0.525. The van der Waals surface area contributed by atoms with Crippen LogP contribution in [0.25, 0.3) is 10.2 Å². The molecule has 0 atom stereocenters. The van der Waals surface area contributed by atoms with Gasteiger partial charge in [0.1, 0.15) is 5.01 Å². The summed E-state index contributed by atoms with van der Waals surface area (Å²) in [7, 11) is 0. The number of thiazole rings is 1. The van der Waals surface area contributed by atoms with Crippen LogP contribution in [0.1, 0.15) is 5.01 Å². The van der Waals surface area contributed by atoms with E-state index in [9.17, 15) is 0 Å². The number of hydrogen-bond donors (Lipinski definition) is 1. The molecule has 1 aromatic heterocycles. The Bertz CT molecular complexity index is 410. The second kappa shape index (κ2) is 3.12. The molecule has 62 valence electrons. The second-order valence-corrected chi connectivity index (χ2v) is 4.45. The zero-order chi connectivity index (χ0) is 8.55. The van der Waals surface area contributed by atoms with E-state index in [0.717, 1.165) is 15.0 Å². The lowest BCUT2D eigenvalue weighted by molar-refractivity contribution is 1.05. The van der Waals surface area contributed by atoms with Crippen molar-refractivity contribution < 1.29 is 0 Å². The van der Waals surface area contributed by atoms with Crippen molar-refractivity contribution >= 4 is 37.5 Å². The topological polar surface area (TPSA) is 38.9 Å². The molecule has 0 bridgehead atoms. The highest BCUT2D eigenvalue weighted by molar-refractivity contribution is 9.10. The quantitative estimate of drug-likeness (QED) is 0.835. The molecule has 12 heavy (non-hydrogen) atoms. The Balaban J connectivity index is 2.67. The predicted octanol–water partition coefficient (Wildman–Crippen LogP) is 2.52. The van der Waals surface area contributed by atoms with Crippen molar-refractivity contribution in [3.05, 3.63) is 27.7 Å². The van der Waals surface area contributed by atoms with Gasteiger partial charge in [0.2, 0.25) is 0 Å². The van der Waals surface area contributed by atoms with Gasteiger partial charge in [-0.05, 0) is 18.2 Å². The van der Waals surface area contributed by atoms with Crippen LogP contribution in [0.2, 0.25) is 0 Å². The molecular formula is C8H7BrN2S. The molecule has 1 aromatic carbocycles. The molecule has 0 fully saturated rings. The van der Waals surface area contributed by atoms with Gasteiger partial charge in [0.15, 0.2) is 0 Å². The number of nitrogens with two attached hydrogens (primary N) is 1. The van der Waals surface area contributed by atoms with E-state index in [0.29, 0.717) is 6.54 Å². The molecule has 0 aliphatic carbocycles. The van der Waals surface area contributed by atoms with Crippen molar-refractivity contribution in [2.45, 2.75) is 6.54 Å². The van der Waals surface area contributed by atoms with Gasteiger partial charge in [-0.1, -0.05) is 15.9 Å². The Morgan fingerprint density at radius 3 is 3.08 bits per heavy atom. The first kappa shape index (κ1) is 8.16. The Hall–Kier alpha value is -0.450. The van der Waals surface area contributed by atoms with Gasteiger partial charge in [-0.25, -0.2) is 4.98 Å². The first-order chi connectivity index (χ1) is 5.79.